The van der Waals surface area contributed by atoms with Crippen molar-refractivity contribution in [2.24, 2.45) is 0 Å². The summed E-state index contributed by atoms with van der Waals surface area (Å²) in [5.41, 5.74) is 0.224. The van der Waals surface area contributed by atoms with Gasteiger partial charge in [0.1, 0.15) is 11.4 Å². The van der Waals surface area contributed by atoms with Gasteiger partial charge in [0.2, 0.25) is 0 Å². The lowest BCUT2D eigenvalue weighted by molar-refractivity contribution is 0.0528. The van der Waals surface area contributed by atoms with Crippen LogP contribution in [-0.4, -0.2) is 50.0 Å². The maximum Gasteiger partial charge on any atom is 0.407 e. The number of carbonyl (C=O) groups is 2. The first-order valence-corrected chi connectivity index (χ1v) is 7.10. The molecule has 0 spiro atoms. The van der Waals surface area contributed by atoms with Crippen molar-refractivity contribution in [1.82, 2.24) is 10.3 Å². The van der Waals surface area contributed by atoms with Gasteiger partial charge in [-0.2, -0.15) is 0 Å². The van der Waals surface area contributed by atoms with Crippen molar-refractivity contribution in [2.75, 3.05) is 32.6 Å². The van der Waals surface area contributed by atoms with Crippen LogP contribution in [0.25, 0.3) is 0 Å². The molecule has 0 aromatic carbocycles. The molecule has 2 N–H and O–H groups in total. The summed E-state index contributed by atoms with van der Waals surface area (Å²) in [5.74, 6) is -0.0842. The van der Waals surface area contributed by atoms with E-state index in [1.54, 1.807) is 20.8 Å². The highest BCUT2D eigenvalue weighted by atomic mass is 16.6. The Morgan fingerprint density at radius 1 is 1.22 bits per heavy atom. The molecule has 23 heavy (non-hydrogen) atoms. The van der Waals surface area contributed by atoms with Gasteiger partial charge < -0.3 is 24.8 Å². The van der Waals surface area contributed by atoms with Gasteiger partial charge in [-0.05, 0) is 20.8 Å². The van der Waals surface area contributed by atoms with Crippen LogP contribution in [0.15, 0.2) is 12.3 Å². The van der Waals surface area contributed by atoms with Crippen LogP contribution >= 0.6 is 0 Å². The van der Waals surface area contributed by atoms with E-state index in [2.05, 4.69) is 20.4 Å². The summed E-state index contributed by atoms with van der Waals surface area (Å²) in [6, 6.07) is 1.48. The SMILES string of the molecule is COC(=O)c1cc(OC)c(NCCNC(=O)OC(C)(C)C)cn1. The number of nitrogens with one attached hydrogen (secondary N) is 2. The van der Waals surface area contributed by atoms with Gasteiger partial charge in [0, 0.05) is 19.2 Å². The maximum absolute atomic E-state index is 11.5. The van der Waals surface area contributed by atoms with Gasteiger partial charge in [-0.3, -0.25) is 0 Å². The Morgan fingerprint density at radius 2 is 1.91 bits per heavy atom. The van der Waals surface area contributed by atoms with E-state index in [1.165, 1.54) is 26.5 Å². The molecule has 0 aliphatic carbocycles. The summed E-state index contributed by atoms with van der Waals surface area (Å²) in [6.07, 6.45) is 0.990. The maximum atomic E-state index is 11.5. The average molecular weight is 325 g/mol. The van der Waals surface area contributed by atoms with Gasteiger partial charge in [0.25, 0.3) is 0 Å². The fourth-order valence-electron chi connectivity index (χ4n) is 1.63. The number of esters is 1. The molecule has 1 aromatic rings. The highest BCUT2D eigenvalue weighted by Gasteiger charge is 2.15. The normalized spacial score (nSPS) is 10.7. The third-order valence-corrected chi connectivity index (χ3v) is 2.59. The number of rotatable bonds is 6. The third kappa shape index (κ3) is 6.41. The molecule has 0 saturated heterocycles. The highest BCUT2D eigenvalue weighted by Crippen LogP contribution is 2.23. The molecule has 0 unspecified atom stereocenters. The van der Waals surface area contributed by atoms with Crippen molar-refractivity contribution in [3.63, 3.8) is 0 Å². The van der Waals surface area contributed by atoms with Gasteiger partial charge in [-0.25, -0.2) is 14.6 Å². The lowest BCUT2D eigenvalue weighted by Gasteiger charge is -2.19. The number of alkyl carbamates (subject to hydrolysis) is 1. The number of pyridine rings is 1. The van der Waals surface area contributed by atoms with E-state index in [1.807, 2.05) is 0 Å². The average Bonchev–Trinajstić information content (AvgIpc) is 2.49. The van der Waals surface area contributed by atoms with Crippen LogP contribution in [0, 0.1) is 0 Å². The summed E-state index contributed by atoms with van der Waals surface area (Å²) in [4.78, 5) is 26.9. The minimum absolute atomic E-state index is 0.154. The summed E-state index contributed by atoms with van der Waals surface area (Å²) >= 11 is 0. The van der Waals surface area contributed by atoms with Crippen molar-refractivity contribution in [3.05, 3.63) is 18.0 Å². The number of anilines is 1. The number of hydrogen-bond acceptors (Lipinski definition) is 7. The molecule has 1 amide bonds. The number of aromatic nitrogens is 1. The lowest BCUT2D eigenvalue weighted by atomic mass is 10.2. The molecular formula is C15H23N3O5. The third-order valence-electron chi connectivity index (χ3n) is 2.59. The van der Waals surface area contributed by atoms with Gasteiger partial charge in [-0.15, -0.1) is 0 Å². The second-order valence-electron chi connectivity index (χ2n) is 5.62. The number of carbonyl (C=O) groups excluding carboxylic acids is 2. The minimum Gasteiger partial charge on any atom is -0.494 e. The zero-order valence-electron chi connectivity index (χ0n) is 14.1. The zero-order valence-corrected chi connectivity index (χ0v) is 14.1. The smallest absolute Gasteiger partial charge is 0.407 e. The van der Waals surface area contributed by atoms with Gasteiger partial charge in [0.05, 0.1) is 26.1 Å². The molecule has 1 heterocycles. The van der Waals surface area contributed by atoms with E-state index in [0.717, 1.165) is 0 Å². The summed E-state index contributed by atoms with van der Waals surface area (Å²) in [6.45, 7) is 6.18. The largest absolute Gasteiger partial charge is 0.494 e. The van der Waals surface area contributed by atoms with Crippen LogP contribution in [-0.2, 0) is 9.47 Å². The summed E-state index contributed by atoms with van der Waals surface area (Å²) in [7, 11) is 2.77. The van der Waals surface area contributed by atoms with Crippen LogP contribution in [0.3, 0.4) is 0 Å². The molecule has 1 rings (SSSR count). The van der Waals surface area contributed by atoms with Gasteiger partial charge in [-0.1, -0.05) is 0 Å². The first-order valence-electron chi connectivity index (χ1n) is 7.10. The van der Waals surface area contributed by atoms with Crippen LogP contribution in [0.4, 0.5) is 10.5 Å². The zero-order chi connectivity index (χ0) is 17.5. The Bertz CT molecular complexity index is 555. The molecule has 8 heteroatoms. The van der Waals surface area contributed by atoms with Gasteiger partial charge in [0.15, 0.2) is 5.69 Å². The Balaban J connectivity index is 2.52. The van der Waals surface area contributed by atoms with Crippen LogP contribution in [0.1, 0.15) is 31.3 Å². The van der Waals surface area contributed by atoms with E-state index in [4.69, 9.17) is 9.47 Å². The number of methoxy groups -OCH3 is 2. The molecule has 8 nitrogen and oxygen atoms in total. The molecule has 0 fully saturated rings. The molecule has 0 aliphatic rings. The lowest BCUT2D eigenvalue weighted by Crippen LogP contribution is -2.35. The van der Waals surface area contributed by atoms with E-state index >= 15 is 0 Å². The number of hydrogen-bond donors (Lipinski definition) is 2. The minimum atomic E-state index is -0.540. The number of amides is 1. The highest BCUT2D eigenvalue weighted by molar-refractivity contribution is 5.88. The first-order chi connectivity index (χ1) is 10.8. The summed E-state index contributed by atoms with van der Waals surface area (Å²) < 4.78 is 14.9. The van der Waals surface area contributed by atoms with Crippen molar-refractivity contribution < 1.29 is 23.8 Å². The molecule has 0 bridgehead atoms. The Hall–Kier alpha value is -2.51. The van der Waals surface area contributed by atoms with Crippen molar-refractivity contribution in [2.45, 2.75) is 26.4 Å². The Morgan fingerprint density at radius 3 is 2.48 bits per heavy atom. The Labute approximate surface area is 135 Å². The molecule has 0 atom stereocenters. The Kier molecular flexibility index (Phi) is 6.62. The predicted molar refractivity (Wildman–Crippen MR) is 84.9 cm³/mol. The standard InChI is InChI=1S/C15H23N3O5/c1-15(2,3)23-14(20)17-7-6-16-11-9-18-10(13(19)22-5)8-12(11)21-4/h8-9,16H,6-7H2,1-5H3,(H,17,20). The molecule has 0 aliphatic heterocycles. The number of ether oxygens (including phenoxy) is 3. The molecule has 128 valence electrons. The fourth-order valence-corrected chi connectivity index (χ4v) is 1.63. The van der Waals surface area contributed by atoms with E-state index < -0.39 is 17.7 Å². The van der Waals surface area contributed by atoms with E-state index in [-0.39, 0.29) is 5.69 Å². The van der Waals surface area contributed by atoms with Crippen LogP contribution < -0.4 is 15.4 Å². The molecule has 0 radical (unpaired) electrons. The first kappa shape index (κ1) is 18.5. The van der Waals surface area contributed by atoms with Crippen LogP contribution in [0.2, 0.25) is 0 Å². The molecule has 0 saturated carbocycles. The van der Waals surface area contributed by atoms with Crippen LogP contribution in [0.5, 0.6) is 5.75 Å². The fraction of sp³-hybridized carbons (Fsp3) is 0.533. The summed E-state index contributed by atoms with van der Waals surface area (Å²) in [5, 5.41) is 5.68. The van der Waals surface area contributed by atoms with Gasteiger partial charge >= 0.3 is 12.1 Å². The molecular weight excluding hydrogens is 302 g/mol. The molecule has 1 aromatic heterocycles. The second-order valence-corrected chi connectivity index (χ2v) is 5.62. The van der Waals surface area contributed by atoms with E-state index in [9.17, 15) is 9.59 Å². The number of nitrogens with zero attached hydrogens (tertiary/aromatic N) is 1. The van der Waals surface area contributed by atoms with Crippen molar-refractivity contribution in [1.29, 1.82) is 0 Å². The van der Waals surface area contributed by atoms with E-state index in [0.29, 0.717) is 24.5 Å². The topological polar surface area (TPSA) is 98.8 Å². The van der Waals surface area contributed by atoms with Crippen molar-refractivity contribution >= 4 is 17.7 Å². The predicted octanol–water partition coefficient (Wildman–Crippen LogP) is 1.81. The van der Waals surface area contributed by atoms with Crippen molar-refractivity contribution in [3.8, 4) is 5.75 Å². The quantitative estimate of drug-likeness (QED) is 0.608. The monoisotopic (exact) mass is 325 g/mol. The second kappa shape index (κ2) is 8.21.